The highest BCUT2D eigenvalue weighted by molar-refractivity contribution is 6.08. The molecule has 0 saturated heterocycles. The van der Waals surface area contributed by atoms with Crippen molar-refractivity contribution in [2.45, 2.75) is 19.9 Å². The minimum atomic E-state index is -0.968. The average Bonchev–Trinajstić information content (AvgIpc) is 3.18. The molecule has 6 heteroatoms. The third-order valence-electron chi connectivity index (χ3n) is 5.61. The van der Waals surface area contributed by atoms with Crippen LogP contribution in [0.4, 0.5) is 5.69 Å². The summed E-state index contributed by atoms with van der Waals surface area (Å²) in [5, 5.41) is 13.8. The van der Waals surface area contributed by atoms with Crippen LogP contribution in [0.1, 0.15) is 34.5 Å². The van der Waals surface area contributed by atoms with Crippen molar-refractivity contribution in [3.8, 4) is 11.1 Å². The van der Waals surface area contributed by atoms with Gasteiger partial charge in [-0.25, -0.2) is 4.79 Å². The van der Waals surface area contributed by atoms with Crippen LogP contribution in [0.2, 0.25) is 0 Å². The number of pyridine rings is 2. The van der Waals surface area contributed by atoms with Gasteiger partial charge in [0.1, 0.15) is 11.1 Å². The first-order valence-electron chi connectivity index (χ1n) is 10.3. The topological polar surface area (TPSA) is 88.2 Å². The molecule has 2 aromatic carbocycles. The third kappa shape index (κ3) is 3.36. The Morgan fingerprint density at radius 1 is 1.03 bits per heavy atom. The second-order valence-electron chi connectivity index (χ2n) is 7.82. The van der Waals surface area contributed by atoms with Crippen molar-refractivity contribution < 1.29 is 14.3 Å². The van der Waals surface area contributed by atoms with Gasteiger partial charge in [0.2, 0.25) is 0 Å². The van der Waals surface area contributed by atoms with E-state index >= 15 is 0 Å². The van der Waals surface area contributed by atoms with Gasteiger partial charge in [0.15, 0.2) is 5.58 Å². The van der Waals surface area contributed by atoms with Crippen molar-refractivity contribution >= 4 is 33.7 Å². The van der Waals surface area contributed by atoms with E-state index in [1.807, 2.05) is 38.1 Å². The number of nitrogens with one attached hydrogen (secondary N) is 1. The number of nitrogens with zero attached hydrogens (tertiary/aromatic N) is 2. The SMILES string of the molecule is Cc1cc([C@@H](C)Nc2ccccc2C(=O)O)c2oc3c(-c4ccncc4)ccnc3c2c1. The summed E-state index contributed by atoms with van der Waals surface area (Å²) in [5.74, 6) is -0.968. The van der Waals surface area contributed by atoms with Crippen molar-refractivity contribution in [2.24, 2.45) is 0 Å². The molecule has 0 aliphatic rings. The van der Waals surface area contributed by atoms with Gasteiger partial charge in [-0.2, -0.15) is 0 Å². The van der Waals surface area contributed by atoms with Crippen LogP contribution >= 0.6 is 0 Å². The van der Waals surface area contributed by atoms with Crippen LogP contribution in [0.3, 0.4) is 0 Å². The summed E-state index contributed by atoms with van der Waals surface area (Å²) < 4.78 is 6.42. The molecule has 6 nitrogen and oxygen atoms in total. The molecule has 5 rings (SSSR count). The molecule has 0 aliphatic heterocycles. The molecule has 158 valence electrons. The van der Waals surface area contributed by atoms with E-state index in [1.54, 1.807) is 36.8 Å². The van der Waals surface area contributed by atoms with Gasteiger partial charge in [-0.1, -0.05) is 18.2 Å². The lowest BCUT2D eigenvalue weighted by molar-refractivity contribution is 0.0698. The number of para-hydroxylation sites is 1. The van der Waals surface area contributed by atoms with Crippen LogP contribution in [-0.4, -0.2) is 21.0 Å². The first-order valence-corrected chi connectivity index (χ1v) is 10.3. The van der Waals surface area contributed by atoms with E-state index in [9.17, 15) is 9.90 Å². The Morgan fingerprint density at radius 2 is 1.81 bits per heavy atom. The standard InChI is InChI=1S/C26H21N3O3/c1-15-13-20(16(2)29-22-6-4-3-5-19(22)26(30)31)24-21(14-15)23-25(32-24)18(9-12-28-23)17-7-10-27-11-8-17/h3-14,16,29H,1-2H3,(H,30,31)/t16-/m1/s1. The summed E-state index contributed by atoms with van der Waals surface area (Å²) in [6, 6.07) is 16.7. The van der Waals surface area contributed by atoms with Gasteiger partial charge < -0.3 is 14.8 Å². The zero-order chi connectivity index (χ0) is 22.2. The predicted molar refractivity (Wildman–Crippen MR) is 125 cm³/mol. The second kappa shape index (κ2) is 7.81. The number of carboxylic acids is 1. The molecule has 0 amide bonds. The van der Waals surface area contributed by atoms with Crippen LogP contribution in [0.5, 0.6) is 0 Å². The van der Waals surface area contributed by atoms with Crippen molar-refractivity contribution in [3.63, 3.8) is 0 Å². The largest absolute Gasteiger partial charge is 0.478 e. The fourth-order valence-corrected chi connectivity index (χ4v) is 4.12. The molecule has 1 atom stereocenters. The molecule has 3 heterocycles. The molecule has 0 unspecified atom stereocenters. The number of rotatable bonds is 5. The van der Waals surface area contributed by atoms with Gasteiger partial charge in [0.25, 0.3) is 0 Å². The maximum absolute atomic E-state index is 11.6. The maximum atomic E-state index is 11.6. The quantitative estimate of drug-likeness (QED) is 0.349. The molecule has 5 aromatic rings. The van der Waals surface area contributed by atoms with Crippen LogP contribution in [0, 0.1) is 6.92 Å². The molecule has 0 aliphatic carbocycles. The number of aromatic nitrogens is 2. The van der Waals surface area contributed by atoms with Gasteiger partial charge in [0, 0.05) is 40.8 Å². The second-order valence-corrected chi connectivity index (χ2v) is 7.82. The van der Waals surface area contributed by atoms with Crippen molar-refractivity contribution in [2.75, 3.05) is 5.32 Å². The fraction of sp³-hybridized carbons (Fsp3) is 0.115. The monoisotopic (exact) mass is 423 g/mol. The molecule has 0 bridgehead atoms. The number of furan rings is 1. The minimum Gasteiger partial charge on any atom is -0.478 e. The maximum Gasteiger partial charge on any atom is 0.337 e. The van der Waals surface area contributed by atoms with Crippen LogP contribution in [0.15, 0.2) is 77.6 Å². The molecule has 2 N–H and O–H groups in total. The van der Waals surface area contributed by atoms with Gasteiger partial charge in [-0.15, -0.1) is 0 Å². The van der Waals surface area contributed by atoms with E-state index in [0.29, 0.717) is 5.69 Å². The molecule has 0 radical (unpaired) electrons. The third-order valence-corrected chi connectivity index (χ3v) is 5.61. The lowest BCUT2D eigenvalue weighted by atomic mass is 10.0. The molecule has 3 aromatic heterocycles. The Hall–Kier alpha value is -4.19. The number of aryl methyl sites for hydroxylation is 1. The number of anilines is 1. The lowest BCUT2D eigenvalue weighted by Gasteiger charge is -2.18. The van der Waals surface area contributed by atoms with Crippen LogP contribution < -0.4 is 5.32 Å². The number of hydrogen-bond acceptors (Lipinski definition) is 5. The highest BCUT2D eigenvalue weighted by Gasteiger charge is 2.20. The number of benzene rings is 2. The Bertz CT molecular complexity index is 1460. The number of aromatic carboxylic acids is 1. The van der Waals surface area contributed by atoms with E-state index in [1.165, 1.54) is 0 Å². The minimum absolute atomic E-state index is 0.192. The first-order chi connectivity index (χ1) is 15.5. The smallest absolute Gasteiger partial charge is 0.337 e. The van der Waals surface area contributed by atoms with E-state index in [-0.39, 0.29) is 11.6 Å². The van der Waals surface area contributed by atoms with E-state index < -0.39 is 5.97 Å². The van der Waals surface area contributed by atoms with Gasteiger partial charge in [0.05, 0.1) is 11.6 Å². The van der Waals surface area contributed by atoms with Crippen molar-refractivity contribution in [3.05, 3.63) is 89.9 Å². The Labute approximate surface area is 184 Å². The Balaban J connectivity index is 1.67. The summed E-state index contributed by atoms with van der Waals surface area (Å²) >= 11 is 0. The summed E-state index contributed by atoms with van der Waals surface area (Å²) in [6.45, 7) is 4.03. The highest BCUT2D eigenvalue weighted by Crippen LogP contribution is 2.38. The molecular weight excluding hydrogens is 402 g/mol. The zero-order valence-electron chi connectivity index (χ0n) is 17.7. The van der Waals surface area contributed by atoms with Crippen molar-refractivity contribution in [1.82, 2.24) is 9.97 Å². The van der Waals surface area contributed by atoms with Crippen LogP contribution in [0.25, 0.3) is 33.2 Å². The summed E-state index contributed by atoms with van der Waals surface area (Å²) in [5.41, 5.74) is 7.04. The van der Waals surface area contributed by atoms with E-state index in [0.717, 1.165) is 44.3 Å². The van der Waals surface area contributed by atoms with Gasteiger partial charge in [-0.05, 0) is 61.4 Å². The van der Waals surface area contributed by atoms with Gasteiger partial charge >= 0.3 is 5.97 Å². The van der Waals surface area contributed by atoms with Crippen molar-refractivity contribution in [1.29, 1.82) is 0 Å². The molecular formula is C26H21N3O3. The van der Waals surface area contributed by atoms with Crippen LogP contribution in [-0.2, 0) is 0 Å². The summed E-state index contributed by atoms with van der Waals surface area (Å²) in [6.07, 6.45) is 5.30. The summed E-state index contributed by atoms with van der Waals surface area (Å²) in [7, 11) is 0. The number of hydrogen-bond donors (Lipinski definition) is 2. The molecule has 0 spiro atoms. The predicted octanol–water partition coefficient (Wildman–Crippen LogP) is 6.22. The average molecular weight is 423 g/mol. The molecule has 32 heavy (non-hydrogen) atoms. The molecule has 0 fully saturated rings. The number of carbonyl (C=O) groups is 1. The molecule has 0 saturated carbocycles. The lowest BCUT2D eigenvalue weighted by Crippen LogP contribution is -2.11. The fourth-order valence-electron chi connectivity index (χ4n) is 4.12. The Kier molecular flexibility index (Phi) is 4.82. The van der Waals surface area contributed by atoms with E-state index in [4.69, 9.17) is 4.42 Å². The first kappa shape index (κ1) is 19.8. The zero-order valence-corrected chi connectivity index (χ0v) is 17.7. The van der Waals surface area contributed by atoms with E-state index in [2.05, 4.69) is 27.4 Å². The number of carboxylic acid groups (broad SMARTS) is 1. The highest BCUT2D eigenvalue weighted by atomic mass is 16.4. The Morgan fingerprint density at radius 3 is 2.59 bits per heavy atom. The summed E-state index contributed by atoms with van der Waals surface area (Å²) in [4.78, 5) is 20.3. The number of fused-ring (bicyclic) bond motifs is 3. The van der Waals surface area contributed by atoms with Gasteiger partial charge in [-0.3, -0.25) is 9.97 Å². The normalized spacial score (nSPS) is 12.2.